The number of carbonyl (C=O) groups is 1. The van der Waals surface area contributed by atoms with Crippen molar-refractivity contribution in [2.75, 3.05) is 4.90 Å². The van der Waals surface area contributed by atoms with Crippen LogP contribution in [0.1, 0.15) is 37.6 Å². The van der Waals surface area contributed by atoms with Crippen molar-refractivity contribution >= 4 is 27.4 Å². The summed E-state index contributed by atoms with van der Waals surface area (Å²) in [7, 11) is -3.61. The molecule has 2 heterocycles. The number of aromatic nitrogens is 1. The van der Waals surface area contributed by atoms with Gasteiger partial charge in [0.2, 0.25) is 0 Å². The summed E-state index contributed by atoms with van der Waals surface area (Å²) in [5.74, 6) is -0.833. The third-order valence-corrected chi connectivity index (χ3v) is 6.51. The first-order chi connectivity index (χ1) is 13.8. The highest BCUT2D eigenvalue weighted by Gasteiger charge is 2.35. The van der Waals surface area contributed by atoms with E-state index in [2.05, 4.69) is 36.1 Å². The molecule has 3 aromatic rings. The molecule has 0 saturated carbocycles. The van der Waals surface area contributed by atoms with E-state index in [0.29, 0.717) is 4.90 Å². The van der Waals surface area contributed by atoms with Crippen molar-refractivity contribution in [3.05, 3.63) is 78.1 Å². The molecule has 1 unspecified atom stereocenters. The quantitative estimate of drug-likeness (QED) is 0.658. The minimum Gasteiger partial charge on any atom is -0.481 e. The molecule has 1 aliphatic heterocycles. The number of fused-ring (bicyclic) bond motifs is 2. The summed E-state index contributed by atoms with van der Waals surface area (Å²) in [4.78, 5) is 11.5. The van der Waals surface area contributed by atoms with Crippen molar-refractivity contribution in [1.82, 2.24) is 3.97 Å². The predicted octanol–water partition coefficient (Wildman–Crippen LogP) is 4.73. The maximum Gasteiger partial charge on any atom is 0.300 e. The van der Waals surface area contributed by atoms with Crippen LogP contribution in [0.15, 0.2) is 71.8 Å². The Kier molecular flexibility index (Phi) is 5.79. The first-order valence-electron chi connectivity index (χ1n) is 9.34. The molecule has 0 bridgehead atoms. The molecule has 0 radical (unpaired) electrons. The Bertz CT molecular complexity index is 1110. The number of hydrogen-bond donors (Lipinski definition) is 1. The number of hydrogen-bond acceptors (Lipinski definition) is 4. The first-order valence-corrected chi connectivity index (χ1v) is 10.8. The zero-order valence-corrected chi connectivity index (χ0v) is 17.4. The lowest BCUT2D eigenvalue weighted by Gasteiger charge is -2.32. The minimum atomic E-state index is -3.61. The van der Waals surface area contributed by atoms with Crippen LogP contribution >= 0.6 is 0 Å². The molecule has 0 amide bonds. The van der Waals surface area contributed by atoms with Crippen molar-refractivity contribution in [3.63, 3.8) is 0 Å². The van der Waals surface area contributed by atoms with Gasteiger partial charge in [0.05, 0.1) is 17.4 Å². The maximum atomic E-state index is 13.2. The Morgan fingerprint density at radius 2 is 1.66 bits per heavy atom. The fraction of sp³-hybridized carbons (Fsp3) is 0.227. The Balaban J connectivity index is 0.000000552. The van der Waals surface area contributed by atoms with Gasteiger partial charge in [-0.3, -0.25) is 4.79 Å². The second-order valence-electron chi connectivity index (χ2n) is 6.85. The zero-order chi connectivity index (χ0) is 21.2. The molecular formula is C22H24N2O4S. The number of aliphatic carboxylic acids is 1. The number of para-hydroxylation sites is 1. The largest absolute Gasteiger partial charge is 0.481 e. The Hall–Kier alpha value is -3.06. The highest BCUT2D eigenvalue weighted by atomic mass is 32.2. The second kappa shape index (κ2) is 8.13. The summed E-state index contributed by atoms with van der Waals surface area (Å²) >= 11 is 0. The van der Waals surface area contributed by atoms with Crippen molar-refractivity contribution < 1.29 is 18.3 Å². The number of aryl methyl sites for hydroxylation is 1. The van der Waals surface area contributed by atoms with Crippen LogP contribution in [0.2, 0.25) is 0 Å². The van der Waals surface area contributed by atoms with E-state index in [1.165, 1.54) is 9.54 Å². The molecule has 0 fully saturated rings. The average Bonchev–Trinajstić information content (AvgIpc) is 3.14. The number of nitrogens with zero attached hydrogens (tertiary/aromatic N) is 2. The molecule has 7 heteroatoms. The van der Waals surface area contributed by atoms with E-state index in [1.54, 1.807) is 24.4 Å². The summed E-state index contributed by atoms with van der Waals surface area (Å²) in [6.07, 6.45) is 2.44. The molecule has 0 aliphatic carbocycles. The smallest absolute Gasteiger partial charge is 0.300 e. The summed E-state index contributed by atoms with van der Waals surface area (Å²) in [6, 6.07) is 19.1. The van der Waals surface area contributed by atoms with E-state index in [4.69, 9.17) is 9.90 Å². The number of rotatable bonds is 2. The van der Waals surface area contributed by atoms with Crippen molar-refractivity contribution in [3.8, 4) is 0 Å². The summed E-state index contributed by atoms with van der Waals surface area (Å²) < 4.78 is 27.8. The van der Waals surface area contributed by atoms with E-state index >= 15 is 0 Å². The summed E-state index contributed by atoms with van der Waals surface area (Å²) in [5, 5.41) is 7.42. The Labute approximate surface area is 171 Å². The molecule has 1 atom stereocenters. The molecule has 152 valence electrons. The van der Waals surface area contributed by atoms with Crippen LogP contribution in [0.4, 0.5) is 11.4 Å². The highest BCUT2D eigenvalue weighted by Crippen LogP contribution is 2.44. The molecule has 1 N–H and O–H groups in total. The van der Waals surface area contributed by atoms with Crippen molar-refractivity contribution in [2.24, 2.45) is 0 Å². The summed E-state index contributed by atoms with van der Waals surface area (Å²) in [6.45, 7) is 5.22. The van der Waals surface area contributed by atoms with Crippen LogP contribution in [0.5, 0.6) is 0 Å². The highest BCUT2D eigenvalue weighted by molar-refractivity contribution is 7.90. The van der Waals surface area contributed by atoms with Crippen molar-refractivity contribution in [2.45, 2.75) is 38.1 Å². The number of benzene rings is 2. The van der Waals surface area contributed by atoms with Crippen LogP contribution in [-0.2, 0) is 14.8 Å². The van der Waals surface area contributed by atoms with Crippen LogP contribution in [0, 0.1) is 6.92 Å². The van der Waals surface area contributed by atoms with Gasteiger partial charge in [0.25, 0.3) is 16.0 Å². The molecule has 2 aromatic carbocycles. The number of carboxylic acid groups (broad SMARTS) is 1. The van der Waals surface area contributed by atoms with Gasteiger partial charge in [-0.05, 0) is 49.7 Å². The molecular weight excluding hydrogens is 388 g/mol. The third kappa shape index (κ3) is 3.91. The SMILES string of the molecule is CC(=O)O.CCC1c2cccn2S(=O)(=O)c2ccccc2N1c1ccc(C)cc1. The zero-order valence-electron chi connectivity index (χ0n) is 16.6. The first kappa shape index (κ1) is 20.7. The minimum absolute atomic E-state index is 0.0591. The molecule has 29 heavy (non-hydrogen) atoms. The number of anilines is 2. The van der Waals surface area contributed by atoms with Crippen LogP contribution < -0.4 is 4.90 Å². The van der Waals surface area contributed by atoms with Gasteiger partial charge in [-0.15, -0.1) is 0 Å². The molecule has 6 nitrogen and oxygen atoms in total. The maximum absolute atomic E-state index is 13.2. The standard InChI is InChI=1S/C20H20N2O2S.C2H4O2/c1-3-17-18-8-6-14-21(18)25(23,24)20-9-5-4-7-19(20)22(17)16-12-10-15(2)11-13-16;1-2(3)4/h4-14,17H,3H2,1-2H3;1H3,(H,3,4). The predicted molar refractivity (Wildman–Crippen MR) is 113 cm³/mol. The van der Waals surface area contributed by atoms with Gasteiger partial charge in [-0.25, -0.2) is 12.4 Å². The van der Waals surface area contributed by atoms with Gasteiger partial charge >= 0.3 is 0 Å². The molecule has 1 aromatic heterocycles. The molecule has 1 aliphatic rings. The average molecular weight is 413 g/mol. The van der Waals surface area contributed by atoms with E-state index < -0.39 is 16.0 Å². The molecule has 0 spiro atoms. The monoisotopic (exact) mass is 412 g/mol. The van der Waals surface area contributed by atoms with E-state index in [-0.39, 0.29) is 6.04 Å². The normalized spacial score (nSPS) is 16.7. The van der Waals surface area contributed by atoms with Crippen molar-refractivity contribution in [1.29, 1.82) is 0 Å². The lowest BCUT2D eigenvalue weighted by atomic mass is 10.1. The fourth-order valence-electron chi connectivity index (χ4n) is 3.55. The van der Waals surface area contributed by atoms with Gasteiger partial charge < -0.3 is 10.0 Å². The fourth-order valence-corrected chi connectivity index (χ4v) is 5.14. The Morgan fingerprint density at radius 1 is 1.03 bits per heavy atom. The van der Waals surface area contributed by atoms with Crippen LogP contribution in [0.3, 0.4) is 0 Å². The van der Waals surface area contributed by atoms with Gasteiger partial charge in [-0.2, -0.15) is 0 Å². The van der Waals surface area contributed by atoms with E-state index in [1.807, 2.05) is 25.1 Å². The lowest BCUT2D eigenvalue weighted by Crippen LogP contribution is -2.23. The third-order valence-electron chi connectivity index (χ3n) is 4.76. The summed E-state index contributed by atoms with van der Waals surface area (Å²) in [5.41, 5.74) is 3.69. The van der Waals surface area contributed by atoms with E-state index in [0.717, 1.165) is 30.4 Å². The molecule has 4 rings (SSSR count). The lowest BCUT2D eigenvalue weighted by molar-refractivity contribution is -0.134. The van der Waals surface area contributed by atoms with Gasteiger partial charge in [0, 0.05) is 18.8 Å². The molecule has 0 saturated heterocycles. The van der Waals surface area contributed by atoms with Gasteiger partial charge in [0.15, 0.2) is 0 Å². The van der Waals surface area contributed by atoms with E-state index in [9.17, 15) is 8.42 Å². The van der Waals surface area contributed by atoms with Crippen LogP contribution in [0.25, 0.3) is 0 Å². The van der Waals surface area contributed by atoms with Gasteiger partial charge in [-0.1, -0.05) is 36.8 Å². The Morgan fingerprint density at radius 3 is 2.28 bits per heavy atom. The van der Waals surface area contributed by atoms with Crippen LogP contribution in [-0.4, -0.2) is 23.5 Å². The number of carboxylic acids is 1. The second-order valence-corrected chi connectivity index (χ2v) is 8.63. The topological polar surface area (TPSA) is 79.6 Å². The van der Waals surface area contributed by atoms with Gasteiger partial charge in [0.1, 0.15) is 4.90 Å².